The van der Waals surface area contributed by atoms with Gasteiger partial charge in [-0.15, -0.1) is 0 Å². The minimum absolute atomic E-state index is 0.0465. The first-order chi connectivity index (χ1) is 13.6. The van der Waals surface area contributed by atoms with Gasteiger partial charge in [-0.3, -0.25) is 4.90 Å². The Labute approximate surface area is 167 Å². The van der Waals surface area contributed by atoms with Gasteiger partial charge in [-0.2, -0.15) is 0 Å². The summed E-state index contributed by atoms with van der Waals surface area (Å²) in [4.78, 5) is 14.4. The Balaban J connectivity index is 1.34. The van der Waals surface area contributed by atoms with Crippen LogP contribution in [0.3, 0.4) is 0 Å². The second-order valence-corrected chi connectivity index (χ2v) is 7.61. The highest BCUT2D eigenvalue weighted by molar-refractivity contribution is 5.88. The fourth-order valence-corrected chi connectivity index (χ4v) is 3.50. The highest BCUT2D eigenvalue weighted by atomic mass is 16.5. The molecule has 1 heterocycles. The number of carbonyl (C=O) groups excluding carboxylic acids is 1. The quantitative estimate of drug-likeness (QED) is 0.686. The van der Waals surface area contributed by atoms with Crippen LogP contribution >= 0.6 is 0 Å². The van der Waals surface area contributed by atoms with Crippen LogP contribution in [0.15, 0.2) is 42.5 Å². The monoisotopic (exact) mass is 385 g/mol. The van der Waals surface area contributed by atoms with Crippen LogP contribution < -0.4 is 15.4 Å². The van der Waals surface area contributed by atoms with Gasteiger partial charge in [0.15, 0.2) is 0 Å². The fourth-order valence-electron chi connectivity index (χ4n) is 3.50. The number of morpholine rings is 1. The van der Waals surface area contributed by atoms with Gasteiger partial charge in [-0.05, 0) is 17.4 Å². The molecule has 0 saturated carbocycles. The van der Waals surface area contributed by atoms with Crippen molar-refractivity contribution in [2.24, 2.45) is 5.92 Å². The Hall–Kier alpha value is -2.31. The zero-order valence-electron chi connectivity index (χ0n) is 16.8. The van der Waals surface area contributed by atoms with Crippen LogP contribution in [0.2, 0.25) is 0 Å². The summed E-state index contributed by atoms with van der Waals surface area (Å²) in [5.74, 6) is 1.47. The number of fused-ring (bicyclic) bond motifs is 1. The molecule has 0 bridgehead atoms. The Morgan fingerprint density at radius 2 is 2.04 bits per heavy atom. The lowest BCUT2D eigenvalue weighted by Crippen LogP contribution is -2.50. The molecule has 28 heavy (non-hydrogen) atoms. The van der Waals surface area contributed by atoms with Crippen LogP contribution in [-0.4, -0.2) is 63.0 Å². The Kier molecular flexibility index (Phi) is 7.51. The lowest BCUT2D eigenvalue weighted by Gasteiger charge is -2.33. The molecular weight excluding hydrogens is 354 g/mol. The summed E-state index contributed by atoms with van der Waals surface area (Å²) in [6.45, 7) is 9.44. The number of nitrogens with one attached hydrogen (secondary N) is 2. The van der Waals surface area contributed by atoms with Gasteiger partial charge in [-0.25, -0.2) is 4.79 Å². The predicted octanol–water partition coefficient (Wildman–Crippen LogP) is 2.87. The van der Waals surface area contributed by atoms with E-state index in [0.29, 0.717) is 25.6 Å². The summed E-state index contributed by atoms with van der Waals surface area (Å²) >= 11 is 0. The number of ether oxygens (including phenoxy) is 2. The maximum absolute atomic E-state index is 12.0. The average Bonchev–Trinajstić information content (AvgIpc) is 2.69. The van der Waals surface area contributed by atoms with Gasteiger partial charge in [0.05, 0.1) is 19.3 Å². The van der Waals surface area contributed by atoms with Crippen molar-refractivity contribution < 1.29 is 14.3 Å². The average molecular weight is 386 g/mol. The summed E-state index contributed by atoms with van der Waals surface area (Å²) in [6, 6.07) is 13.9. The number of benzene rings is 2. The first-order valence-corrected chi connectivity index (χ1v) is 10.1. The highest BCUT2D eigenvalue weighted by Crippen LogP contribution is 2.24. The number of hydrogen-bond donors (Lipinski definition) is 2. The maximum atomic E-state index is 12.0. The molecular formula is C22H31N3O3. The van der Waals surface area contributed by atoms with Crippen LogP contribution in [0, 0.1) is 5.92 Å². The zero-order chi connectivity index (χ0) is 19.8. The van der Waals surface area contributed by atoms with Crippen LogP contribution in [0.1, 0.15) is 13.8 Å². The van der Waals surface area contributed by atoms with Crippen molar-refractivity contribution in [1.29, 1.82) is 0 Å². The first kappa shape index (κ1) is 20.4. The zero-order valence-corrected chi connectivity index (χ0v) is 16.8. The number of urea groups is 1. The topological polar surface area (TPSA) is 62.8 Å². The fraction of sp³-hybridized carbons (Fsp3) is 0.500. The molecule has 2 aromatic carbocycles. The van der Waals surface area contributed by atoms with Crippen molar-refractivity contribution in [3.63, 3.8) is 0 Å². The molecule has 3 rings (SSSR count). The molecule has 152 valence electrons. The standard InChI is InChI=1S/C22H31N3O3/c1-17(2)15-25-11-13-27-19(16-25)14-24-22(26)23-10-12-28-21-9-5-7-18-6-3-4-8-20(18)21/h3-9,17,19H,10-16H2,1-2H3,(H2,23,24,26). The van der Waals surface area contributed by atoms with Gasteiger partial charge in [0.2, 0.25) is 0 Å². The van der Waals surface area contributed by atoms with Crippen molar-refractivity contribution in [1.82, 2.24) is 15.5 Å². The molecule has 1 saturated heterocycles. The molecule has 6 heteroatoms. The molecule has 6 nitrogen and oxygen atoms in total. The molecule has 2 N–H and O–H groups in total. The van der Waals surface area contributed by atoms with Gasteiger partial charge < -0.3 is 20.1 Å². The lowest BCUT2D eigenvalue weighted by molar-refractivity contribution is -0.0290. The number of nitrogens with zero attached hydrogens (tertiary/aromatic N) is 1. The van der Waals surface area contributed by atoms with E-state index in [4.69, 9.17) is 9.47 Å². The van der Waals surface area contributed by atoms with Crippen LogP contribution in [0.4, 0.5) is 4.79 Å². The van der Waals surface area contributed by atoms with E-state index in [1.54, 1.807) is 0 Å². The molecule has 0 aromatic heterocycles. The third-order valence-corrected chi connectivity index (χ3v) is 4.73. The van der Waals surface area contributed by atoms with Crippen molar-refractivity contribution in [3.05, 3.63) is 42.5 Å². The lowest BCUT2D eigenvalue weighted by atomic mass is 10.1. The van der Waals surface area contributed by atoms with E-state index in [-0.39, 0.29) is 12.1 Å². The SMILES string of the molecule is CC(C)CN1CCOC(CNC(=O)NCCOc2cccc3ccccc23)C1. The normalized spacial score (nSPS) is 17.6. The number of hydrogen-bond acceptors (Lipinski definition) is 4. The smallest absolute Gasteiger partial charge is 0.315 e. The molecule has 1 unspecified atom stereocenters. The van der Waals surface area contributed by atoms with E-state index in [9.17, 15) is 4.79 Å². The van der Waals surface area contributed by atoms with E-state index in [1.165, 1.54) is 0 Å². The van der Waals surface area contributed by atoms with Gasteiger partial charge in [0.1, 0.15) is 12.4 Å². The largest absolute Gasteiger partial charge is 0.491 e. The third kappa shape index (κ3) is 6.11. The van der Waals surface area contributed by atoms with Crippen LogP contribution in [-0.2, 0) is 4.74 Å². The Morgan fingerprint density at radius 3 is 2.89 bits per heavy atom. The van der Waals surface area contributed by atoms with Crippen LogP contribution in [0.5, 0.6) is 5.75 Å². The molecule has 1 aliphatic heterocycles. The minimum atomic E-state index is -0.189. The molecule has 2 aromatic rings. The molecule has 0 aliphatic carbocycles. The predicted molar refractivity (Wildman–Crippen MR) is 112 cm³/mol. The molecule has 1 atom stereocenters. The molecule has 0 radical (unpaired) electrons. The van der Waals surface area contributed by atoms with Gasteiger partial charge >= 0.3 is 6.03 Å². The number of amides is 2. The highest BCUT2D eigenvalue weighted by Gasteiger charge is 2.21. The van der Waals surface area contributed by atoms with E-state index in [0.717, 1.165) is 42.8 Å². The summed E-state index contributed by atoms with van der Waals surface area (Å²) in [5.41, 5.74) is 0. The summed E-state index contributed by atoms with van der Waals surface area (Å²) in [6.07, 6.45) is 0.0465. The van der Waals surface area contributed by atoms with Crippen molar-refractivity contribution in [2.75, 3.05) is 45.9 Å². The van der Waals surface area contributed by atoms with E-state index in [1.807, 2.05) is 30.3 Å². The molecule has 2 amide bonds. The van der Waals surface area contributed by atoms with Gasteiger partial charge in [-0.1, -0.05) is 50.2 Å². The third-order valence-electron chi connectivity index (χ3n) is 4.73. The number of carbonyl (C=O) groups is 1. The summed E-state index contributed by atoms with van der Waals surface area (Å²) in [7, 11) is 0. The summed E-state index contributed by atoms with van der Waals surface area (Å²) in [5, 5.41) is 7.96. The first-order valence-electron chi connectivity index (χ1n) is 10.1. The van der Waals surface area contributed by atoms with E-state index >= 15 is 0 Å². The van der Waals surface area contributed by atoms with Gasteiger partial charge in [0, 0.05) is 31.6 Å². The molecule has 1 aliphatic rings. The summed E-state index contributed by atoms with van der Waals surface area (Å²) < 4.78 is 11.6. The van der Waals surface area contributed by atoms with E-state index in [2.05, 4.69) is 41.5 Å². The second kappa shape index (κ2) is 10.3. The Morgan fingerprint density at radius 1 is 1.21 bits per heavy atom. The maximum Gasteiger partial charge on any atom is 0.315 e. The van der Waals surface area contributed by atoms with Crippen molar-refractivity contribution in [3.8, 4) is 5.75 Å². The minimum Gasteiger partial charge on any atom is -0.491 e. The molecule has 1 fully saturated rings. The van der Waals surface area contributed by atoms with Crippen LogP contribution in [0.25, 0.3) is 10.8 Å². The van der Waals surface area contributed by atoms with Crippen molar-refractivity contribution >= 4 is 16.8 Å². The second-order valence-electron chi connectivity index (χ2n) is 7.61. The van der Waals surface area contributed by atoms with Crippen molar-refractivity contribution in [2.45, 2.75) is 20.0 Å². The number of rotatable bonds is 8. The van der Waals surface area contributed by atoms with Gasteiger partial charge in [0.25, 0.3) is 0 Å². The Bertz CT molecular complexity index is 760. The van der Waals surface area contributed by atoms with E-state index < -0.39 is 0 Å². The molecule has 0 spiro atoms.